The summed E-state index contributed by atoms with van der Waals surface area (Å²) in [4.78, 5) is 12.7. The Labute approximate surface area is 171 Å². The topological polar surface area (TPSA) is 53.4 Å². The number of alkyl halides is 3. The van der Waals surface area contributed by atoms with Gasteiger partial charge in [0.15, 0.2) is 11.5 Å². The van der Waals surface area contributed by atoms with Crippen molar-refractivity contribution in [3.8, 4) is 22.8 Å². The first-order chi connectivity index (χ1) is 14.3. The van der Waals surface area contributed by atoms with Crippen LogP contribution in [0.3, 0.4) is 0 Å². The first-order valence-electron chi connectivity index (χ1n) is 9.28. The van der Waals surface area contributed by atoms with E-state index < -0.39 is 23.3 Å². The molecule has 2 aromatic carbocycles. The largest absolute Gasteiger partial charge is 0.493 e. The van der Waals surface area contributed by atoms with Gasteiger partial charge in [0.2, 0.25) is 0 Å². The Morgan fingerprint density at radius 1 is 1.00 bits per heavy atom. The molecule has 0 spiro atoms. The fourth-order valence-corrected chi connectivity index (χ4v) is 3.29. The van der Waals surface area contributed by atoms with Gasteiger partial charge in [-0.2, -0.15) is 18.3 Å². The van der Waals surface area contributed by atoms with Crippen LogP contribution in [0.2, 0.25) is 0 Å². The minimum absolute atomic E-state index is 0.0114. The van der Waals surface area contributed by atoms with Crippen LogP contribution in [0, 0.1) is 0 Å². The van der Waals surface area contributed by atoms with Crippen LogP contribution in [-0.4, -0.2) is 24.0 Å². The SMILES string of the molecule is CCC(c1ccccc1)n1nc(-c2ccc(OC)c(OC)c2)cc(C(F)(F)F)c1=O. The van der Waals surface area contributed by atoms with Crippen LogP contribution in [0.1, 0.15) is 30.5 Å². The van der Waals surface area contributed by atoms with Crippen LogP contribution in [-0.2, 0) is 6.18 Å². The number of methoxy groups -OCH3 is 2. The van der Waals surface area contributed by atoms with Gasteiger partial charge < -0.3 is 9.47 Å². The molecule has 158 valence electrons. The zero-order valence-corrected chi connectivity index (χ0v) is 16.7. The molecular weight excluding hydrogens is 397 g/mol. The van der Waals surface area contributed by atoms with Gasteiger partial charge in [0.1, 0.15) is 5.56 Å². The molecule has 0 radical (unpaired) electrons. The predicted octanol–water partition coefficient (Wildman–Crippen LogP) is 4.95. The summed E-state index contributed by atoms with van der Waals surface area (Å²) in [6.45, 7) is 1.79. The molecule has 1 atom stereocenters. The highest BCUT2D eigenvalue weighted by atomic mass is 19.4. The van der Waals surface area contributed by atoms with Gasteiger partial charge in [0, 0.05) is 5.56 Å². The second kappa shape index (κ2) is 8.61. The van der Waals surface area contributed by atoms with E-state index in [1.165, 1.54) is 20.3 Å². The van der Waals surface area contributed by atoms with Gasteiger partial charge in [-0.05, 0) is 36.2 Å². The fourth-order valence-electron chi connectivity index (χ4n) is 3.29. The Bertz CT molecular complexity index is 1080. The second-order valence-corrected chi connectivity index (χ2v) is 6.60. The van der Waals surface area contributed by atoms with Crippen molar-refractivity contribution in [3.63, 3.8) is 0 Å². The van der Waals surface area contributed by atoms with Crippen LogP contribution in [0.4, 0.5) is 13.2 Å². The molecule has 0 saturated heterocycles. The van der Waals surface area contributed by atoms with Crippen molar-refractivity contribution < 1.29 is 22.6 Å². The zero-order chi connectivity index (χ0) is 21.9. The van der Waals surface area contributed by atoms with Gasteiger partial charge >= 0.3 is 6.18 Å². The third-order valence-electron chi connectivity index (χ3n) is 4.79. The molecule has 3 aromatic rings. The van der Waals surface area contributed by atoms with Gasteiger partial charge in [0.25, 0.3) is 5.56 Å². The van der Waals surface area contributed by atoms with Gasteiger partial charge in [-0.15, -0.1) is 0 Å². The van der Waals surface area contributed by atoms with Crippen LogP contribution < -0.4 is 15.0 Å². The van der Waals surface area contributed by atoms with Crippen molar-refractivity contribution in [2.45, 2.75) is 25.6 Å². The molecule has 1 unspecified atom stereocenters. The smallest absolute Gasteiger partial charge is 0.421 e. The first kappa shape index (κ1) is 21.4. The average Bonchev–Trinajstić information content (AvgIpc) is 2.74. The van der Waals surface area contributed by atoms with E-state index in [-0.39, 0.29) is 5.69 Å². The molecule has 3 rings (SSSR count). The summed E-state index contributed by atoms with van der Waals surface area (Å²) in [7, 11) is 2.89. The van der Waals surface area contributed by atoms with E-state index >= 15 is 0 Å². The Hall–Kier alpha value is -3.29. The molecule has 0 amide bonds. The van der Waals surface area contributed by atoms with Crippen molar-refractivity contribution in [1.29, 1.82) is 0 Å². The van der Waals surface area contributed by atoms with Crippen LogP contribution >= 0.6 is 0 Å². The number of aromatic nitrogens is 2. The maximum absolute atomic E-state index is 13.7. The number of nitrogens with zero attached hydrogens (tertiary/aromatic N) is 2. The molecule has 8 heteroatoms. The predicted molar refractivity (Wildman–Crippen MR) is 107 cm³/mol. The number of ether oxygens (including phenoxy) is 2. The molecule has 1 aromatic heterocycles. The summed E-state index contributed by atoms with van der Waals surface area (Å²) in [5.74, 6) is 0.777. The maximum Gasteiger partial charge on any atom is 0.421 e. The average molecular weight is 418 g/mol. The summed E-state index contributed by atoms with van der Waals surface area (Å²) in [6, 6.07) is 13.7. The molecule has 0 saturated carbocycles. The van der Waals surface area contributed by atoms with Gasteiger partial charge in [-0.3, -0.25) is 4.79 Å². The minimum atomic E-state index is -4.82. The third-order valence-corrected chi connectivity index (χ3v) is 4.79. The molecule has 0 aliphatic rings. The lowest BCUT2D eigenvalue weighted by molar-refractivity contribution is -0.139. The highest BCUT2D eigenvalue weighted by molar-refractivity contribution is 5.64. The molecule has 0 bridgehead atoms. The molecular formula is C22H21F3N2O3. The van der Waals surface area contributed by atoms with Crippen LogP contribution in [0.15, 0.2) is 59.4 Å². The van der Waals surface area contributed by atoms with Crippen molar-refractivity contribution in [2.24, 2.45) is 0 Å². The summed E-state index contributed by atoms with van der Waals surface area (Å²) in [5, 5.41) is 4.30. The van der Waals surface area contributed by atoms with Crippen molar-refractivity contribution in [1.82, 2.24) is 9.78 Å². The third kappa shape index (κ3) is 4.17. The molecule has 0 aliphatic carbocycles. The zero-order valence-electron chi connectivity index (χ0n) is 16.7. The summed E-state index contributed by atoms with van der Waals surface area (Å²) in [5.41, 5.74) is -1.36. The Morgan fingerprint density at radius 2 is 1.67 bits per heavy atom. The Balaban J connectivity index is 2.25. The van der Waals surface area contributed by atoms with Crippen molar-refractivity contribution >= 4 is 0 Å². The van der Waals surface area contributed by atoms with E-state index in [4.69, 9.17) is 9.47 Å². The van der Waals surface area contributed by atoms with Crippen LogP contribution in [0.5, 0.6) is 11.5 Å². The highest BCUT2D eigenvalue weighted by Gasteiger charge is 2.36. The van der Waals surface area contributed by atoms with E-state index in [2.05, 4.69) is 5.10 Å². The number of benzene rings is 2. The van der Waals surface area contributed by atoms with Crippen molar-refractivity contribution in [2.75, 3.05) is 14.2 Å². The van der Waals surface area contributed by atoms with E-state index in [0.717, 1.165) is 10.7 Å². The molecule has 30 heavy (non-hydrogen) atoms. The molecule has 5 nitrogen and oxygen atoms in total. The van der Waals surface area contributed by atoms with Crippen molar-refractivity contribution in [3.05, 3.63) is 76.1 Å². The number of halogens is 3. The molecule has 0 aliphatic heterocycles. The first-order valence-corrected chi connectivity index (χ1v) is 9.28. The van der Waals surface area contributed by atoms with E-state index in [1.54, 1.807) is 49.4 Å². The lowest BCUT2D eigenvalue weighted by Crippen LogP contribution is -2.34. The molecule has 0 fully saturated rings. The normalized spacial score (nSPS) is 12.5. The van der Waals surface area contributed by atoms with E-state index in [1.807, 2.05) is 0 Å². The lowest BCUT2D eigenvalue weighted by Gasteiger charge is -2.20. The summed E-state index contributed by atoms with van der Waals surface area (Å²) >= 11 is 0. The quantitative estimate of drug-likeness (QED) is 0.569. The Morgan fingerprint density at radius 3 is 2.23 bits per heavy atom. The lowest BCUT2D eigenvalue weighted by atomic mass is 10.0. The van der Waals surface area contributed by atoms with E-state index in [9.17, 15) is 18.0 Å². The number of hydrogen-bond acceptors (Lipinski definition) is 4. The van der Waals surface area contributed by atoms with Gasteiger partial charge in [-0.25, -0.2) is 4.68 Å². The number of rotatable bonds is 6. The number of hydrogen-bond donors (Lipinski definition) is 0. The molecule has 1 heterocycles. The highest BCUT2D eigenvalue weighted by Crippen LogP contribution is 2.34. The Kier molecular flexibility index (Phi) is 6.14. The standard InChI is InChI=1S/C22H21F3N2O3/c1-4-18(14-8-6-5-7-9-14)27-21(28)16(22(23,24)25)13-17(26-27)15-10-11-19(29-2)20(12-15)30-3/h5-13,18H,4H2,1-3H3. The fraction of sp³-hybridized carbons (Fsp3) is 0.273. The second-order valence-electron chi connectivity index (χ2n) is 6.60. The maximum atomic E-state index is 13.7. The van der Waals surface area contributed by atoms with E-state index in [0.29, 0.717) is 29.0 Å². The van der Waals surface area contributed by atoms with Crippen LogP contribution in [0.25, 0.3) is 11.3 Å². The summed E-state index contributed by atoms with van der Waals surface area (Å²) in [6.07, 6.45) is -4.42. The summed E-state index contributed by atoms with van der Waals surface area (Å²) < 4.78 is 52.4. The monoisotopic (exact) mass is 418 g/mol. The van der Waals surface area contributed by atoms with Gasteiger partial charge in [0.05, 0.1) is 26.0 Å². The molecule has 0 N–H and O–H groups in total. The minimum Gasteiger partial charge on any atom is -0.493 e. The van der Waals surface area contributed by atoms with Gasteiger partial charge in [-0.1, -0.05) is 37.3 Å².